The minimum atomic E-state index is -1.36. The van der Waals surface area contributed by atoms with E-state index in [0.29, 0.717) is 5.92 Å². The number of rotatable bonds is 2. The Morgan fingerprint density at radius 1 is 0.750 bits per heavy atom. The Labute approximate surface area is 212 Å². The number of hydrogen-bond acceptors (Lipinski definition) is 2. The van der Waals surface area contributed by atoms with E-state index in [1.165, 1.54) is 44.3 Å². The lowest BCUT2D eigenvalue weighted by atomic mass is 9.82. The molecule has 0 spiro atoms. The zero-order valence-electron chi connectivity index (χ0n) is 20.3. The van der Waals surface area contributed by atoms with Crippen LogP contribution in [0.1, 0.15) is 29.4 Å². The van der Waals surface area contributed by atoms with Crippen LogP contribution in [0.5, 0.6) is 0 Å². The second kappa shape index (κ2) is 8.73. The van der Waals surface area contributed by atoms with E-state index in [1.54, 1.807) is 0 Å². The topological polar surface area (TPSA) is 26.3 Å². The van der Waals surface area contributed by atoms with Gasteiger partial charge in [0.05, 0.1) is 5.30 Å². The minimum Gasteiger partial charge on any atom is -0.420 e. The molecule has 2 atom stereocenters. The number of aryl methyl sites for hydroxylation is 2. The maximum Gasteiger partial charge on any atom is 0.253 e. The molecule has 4 aromatic carbocycles. The van der Waals surface area contributed by atoms with Crippen molar-refractivity contribution in [3.05, 3.63) is 120 Å². The lowest BCUT2D eigenvalue weighted by Gasteiger charge is -2.22. The van der Waals surface area contributed by atoms with Gasteiger partial charge in [-0.05, 0) is 64.3 Å². The van der Waals surface area contributed by atoms with E-state index < -0.39 is 8.01 Å². The van der Waals surface area contributed by atoms with Crippen molar-refractivity contribution in [1.29, 1.82) is 0 Å². The SMILES string of the molecule is CC1C=Cc2ccc3op(-c4ccccc4-c4ccccc4)oc4c(c3c2C1)-c1ccccc1CC4. The van der Waals surface area contributed by atoms with Gasteiger partial charge in [-0.1, -0.05) is 97.9 Å². The summed E-state index contributed by atoms with van der Waals surface area (Å²) < 4.78 is 13.8. The molecule has 2 nitrogen and oxygen atoms in total. The molecule has 0 radical (unpaired) electrons. The Balaban J connectivity index is 1.59. The first-order valence-electron chi connectivity index (χ1n) is 12.7. The Kier molecular flexibility index (Phi) is 5.22. The Bertz CT molecular complexity index is 1680. The average molecular weight is 487 g/mol. The van der Waals surface area contributed by atoms with Crippen LogP contribution in [0.4, 0.5) is 0 Å². The third-order valence-electron chi connectivity index (χ3n) is 7.44. The van der Waals surface area contributed by atoms with Gasteiger partial charge in [0.25, 0.3) is 8.01 Å². The lowest BCUT2D eigenvalue weighted by molar-refractivity contribution is 0.563. The lowest BCUT2D eigenvalue weighted by Crippen LogP contribution is -2.07. The third-order valence-corrected chi connectivity index (χ3v) is 8.97. The van der Waals surface area contributed by atoms with Gasteiger partial charge in [-0.2, -0.15) is 0 Å². The molecule has 0 N–H and O–H groups in total. The maximum atomic E-state index is 6.92. The molecule has 0 aliphatic heterocycles. The maximum absolute atomic E-state index is 6.92. The van der Waals surface area contributed by atoms with Gasteiger partial charge in [-0.25, -0.2) is 0 Å². The second-order valence-corrected chi connectivity index (χ2v) is 11.2. The van der Waals surface area contributed by atoms with E-state index in [4.69, 9.17) is 8.39 Å². The van der Waals surface area contributed by atoms with Crippen molar-refractivity contribution in [2.24, 2.45) is 5.92 Å². The number of hydrogen-bond donors (Lipinski definition) is 0. The van der Waals surface area contributed by atoms with Gasteiger partial charge < -0.3 is 8.39 Å². The molecule has 0 fully saturated rings. The van der Waals surface area contributed by atoms with E-state index >= 15 is 0 Å². The molecule has 0 saturated carbocycles. The zero-order valence-corrected chi connectivity index (χ0v) is 21.2. The average Bonchev–Trinajstić information content (AvgIpc) is 3.11. The highest BCUT2D eigenvalue weighted by Gasteiger charge is 2.26. The number of allylic oxidation sites excluding steroid dienone is 1. The fraction of sp³-hybridized carbons (Fsp3) is 0.152. The highest BCUT2D eigenvalue weighted by atomic mass is 31.1. The Morgan fingerprint density at radius 3 is 2.42 bits per heavy atom. The van der Waals surface area contributed by atoms with Gasteiger partial charge in [0.2, 0.25) is 0 Å². The number of fused-ring (bicyclic) bond motifs is 7. The monoisotopic (exact) mass is 486 g/mol. The molecule has 36 heavy (non-hydrogen) atoms. The molecule has 0 bridgehead atoms. The molecule has 2 aliphatic rings. The first-order chi connectivity index (χ1) is 17.8. The van der Waals surface area contributed by atoms with Gasteiger partial charge in [-0.15, -0.1) is 0 Å². The summed E-state index contributed by atoms with van der Waals surface area (Å²) >= 11 is 0. The van der Waals surface area contributed by atoms with Crippen LogP contribution in [0, 0.1) is 5.92 Å². The molecule has 0 saturated heterocycles. The van der Waals surface area contributed by atoms with Crippen molar-refractivity contribution in [2.75, 3.05) is 0 Å². The van der Waals surface area contributed by atoms with Gasteiger partial charge in [-0.3, -0.25) is 0 Å². The van der Waals surface area contributed by atoms with Crippen LogP contribution >= 0.6 is 8.01 Å². The highest BCUT2D eigenvalue weighted by molar-refractivity contribution is 7.45. The van der Waals surface area contributed by atoms with Crippen molar-refractivity contribution in [3.63, 3.8) is 0 Å². The summed E-state index contributed by atoms with van der Waals surface area (Å²) in [5.41, 5.74) is 9.86. The largest absolute Gasteiger partial charge is 0.420 e. The van der Waals surface area contributed by atoms with E-state index in [1.807, 2.05) is 0 Å². The first-order valence-corrected chi connectivity index (χ1v) is 13.9. The molecule has 176 valence electrons. The van der Waals surface area contributed by atoms with Crippen molar-refractivity contribution >= 4 is 25.1 Å². The fourth-order valence-corrected chi connectivity index (χ4v) is 7.25. The van der Waals surface area contributed by atoms with E-state index in [0.717, 1.165) is 35.9 Å². The van der Waals surface area contributed by atoms with Crippen molar-refractivity contribution in [1.82, 2.24) is 0 Å². The van der Waals surface area contributed by atoms with Crippen LogP contribution in [0.3, 0.4) is 0 Å². The molecular weight excluding hydrogens is 459 g/mol. The van der Waals surface area contributed by atoms with Crippen molar-refractivity contribution in [2.45, 2.75) is 26.2 Å². The van der Waals surface area contributed by atoms with Crippen LogP contribution in [0.25, 0.3) is 44.6 Å². The normalized spacial score (nSPS) is 16.2. The Morgan fingerprint density at radius 2 is 1.53 bits per heavy atom. The quantitative estimate of drug-likeness (QED) is 0.248. The van der Waals surface area contributed by atoms with Crippen LogP contribution in [-0.2, 0) is 19.3 Å². The van der Waals surface area contributed by atoms with Crippen LogP contribution < -0.4 is 0 Å². The molecule has 2 aliphatic carbocycles. The smallest absolute Gasteiger partial charge is 0.253 e. The third kappa shape index (κ3) is 3.56. The molecule has 3 heteroatoms. The van der Waals surface area contributed by atoms with Gasteiger partial charge in [0.1, 0.15) is 11.3 Å². The second-order valence-electron chi connectivity index (χ2n) is 9.83. The summed E-state index contributed by atoms with van der Waals surface area (Å²) in [6, 6.07) is 32.3. The number of benzene rings is 4. The summed E-state index contributed by atoms with van der Waals surface area (Å²) in [5.74, 6) is 1.56. The van der Waals surface area contributed by atoms with Gasteiger partial charge in [0, 0.05) is 17.4 Å². The Hall–Kier alpha value is -3.74. The molecular formula is C33H27O2P. The fourth-order valence-electron chi connectivity index (χ4n) is 5.70. The van der Waals surface area contributed by atoms with Crippen LogP contribution in [0.15, 0.2) is 105 Å². The van der Waals surface area contributed by atoms with Crippen LogP contribution in [0.2, 0.25) is 0 Å². The van der Waals surface area contributed by atoms with Gasteiger partial charge >= 0.3 is 0 Å². The standard InChI is InChI=1S/C33H27O2P/c1-22-15-16-25-18-20-30-33(28(25)21-22)32-27-13-6-5-11-24(27)17-19-29(32)34-36(35-30)31-14-8-7-12-26(31)23-9-3-2-4-10-23/h2-16,18,20,22H,17,19,21H2,1H3. The first kappa shape index (κ1) is 21.5. The molecule has 2 unspecified atom stereocenters. The molecule has 0 amide bonds. The predicted molar refractivity (Wildman–Crippen MR) is 150 cm³/mol. The van der Waals surface area contributed by atoms with Crippen molar-refractivity contribution in [3.8, 4) is 27.6 Å². The zero-order chi connectivity index (χ0) is 24.1. The van der Waals surface area contributed by atoms with E-state index in [9.17, 15) is 0 Å². The summed E-state index contributed by atoms with van der Waals surface area (Å²) in [6.45, 7) is 2.29. The minimum absolute atomic E-state index is 0.497. The summed E-state index contributed by atoms with van der Waals surface area (Å²) in [5, 5.41) is 2.34. The van der Waals surface area contributed by atoms with Crippen molar-refractivity contribution < 1.29 is 8.39 Å². The molecule has 5 aromatic rings. The van der Waals surface area contributed by atoms with Crippen LogP contribution in [-0.4, -0.2) is 0 Å². The predicted octanol–water partition coefficient (Wildman–Crippen LogP) is 9.76. The summed E-state index contributed by atoms with van der Waals surface area (Å²) in [4.78, 5) is 0. The highest BCUT2D eigenvalue weighted by Crippen LogP contribution is 2.50. The molecule has 1 aromatic heterocycles. The molecule has 1 heterocycles. The molecule has 7 rings (SSSR count). The summed E-state index contributed by atoms with van der Waals surface area (Å²) in [6.07, 6.45) is 7.47. The van der Waals surface area contributed by atoms with E-state index in [2.05, 4.69) is 110 Å². The van der Waals surface area contributed by atoms with Gasteiger partial charge in [0.15, 0.2) is 0 Å². The summed E-state index contributed by atoms with van der Waals surface area (Å²) in [7, 11) is -1.36. The van der Waals surface area contributed by atoms with E-state index in [-0.39, 0.29) is 0 Å².